The van der Waals surface area contributed by atoms with Crippen LogP contribution >= 0.6 is 0 Å². The van der Waals surface area contributed by atoms with Gasteiger partial charge in [0.05, 0.1) is 12.0 Å². The number of methoxy groups -OCH3 is 1. The molecule has 0 unspecified atom stereocenters. The summed E-state index contributed by atoms with van der Waals surface area (Å²) in [4.78, 5) is 23.1. The Bertz CT molecular complexity index is 1310. The van der Waals surface area contributed by atoms with Crippen molar-refractivity contribution in [2.75, 3.05) is 12.4 Å². The zero-order valence-corrected chi connectivity index (χ0v) is 19.0. The first-order valence-corrected chi connectivity index (χ1v) is 10.3. The summed E-state index contributed by atoms with van der Waals surface area (Å²) in [6, 6.07) is 18.6. The molecule has 0 atom stereocenters. The number of hydrogen-bond acceptors (Lipinski definition) is 6. The Kier molecular flexibility index (Phi) is 7.62. The lowest BCUT2D eigenvalue weighted by molar-refractivity contribution is -0.384. The average Bonchev–Trinajstić information content (AvgIpc) is 2.83. The summed E-state index contributed by atoms with van der Waals surface area (Å²) in [5, 5.41) is 23.2. The Morgan fingerprint density at radius 1 is 1.09 bits per heavy atom. The number of nitriles is 1. The maximum atomic E-state index is 12.6. The van der Waals surface area contributed by atoms with Crippen LogP contribution in [0.15, 0.2) is 66.2 Å². The number of benzene rings is 3. The molecular formula is C26H23N3O5. The predicted molar refractivity (Wildman–Crippen MR) is 129 cm³/mol. The number of nitro benzene ring substituents is 1. The topological polar surface area (TPSA) is 114 Å². The lowest BCUT2D eigenvalue weighted by Gasteiger charge is -2.12. The molecule has 3 rings (SSSR count). The lowest BCUT2D eigenvalue weighted by Crippen LogP contribution is -2.13. The molecule has 172 valence electrons. The SMILES string of the molecule is COc1cc(/C=C(\C#N)C(=O)Nc2ccc(C)c(C)c2)ccc1OCc1cccc([N+](=O)[O-])c1. The van der Waals surface area contributed by atoms with Gasteiger partial charge in [-0.25, -0.2) is 0 Å². The summed E-state index contributed by atoms with van der Waals surface area (Å²) >= 11 is 0. The summed E-state index contributed by atoms with van der Waals surface area (Å²) in [6.07, 6.45) is 1.46. The van der Waals surface area contributed by atoms with Crippen LogP contribution in [0.25, 0.3) is 6.08 Å². The fourth-order valence-electron chi connectivity index (χ4n) is 3.15. The number of nitrogens with one attached hydrogen (secondary N) is 1. The van der Waals surface area contributed by atoms with Crippen LogP contribution in [0.3, 0.4) is 0 Å². The number of nitro groups is 1. The van der Waals surface area contributed by atoms with Gasteiger partial charge in [-0.2, -0.15) is 5.26 Å². The molecule has 0 aliphatic heterocycles. The monoisotopic (exact) mass is 457 g/mol. The van der Waals surface area contributed by atoms with Gasteiger partial charge in [-0.15, -0.1) is 0 Å². The molecule has 3 aromatic carbocycles. The third-order valence-electron chi connectivity index (χ3n) is 5.14. The third-order valence-corrected chi connectivity index (χ3v) is 5.14. The van der Waals surface area contributed by atoms with Gasteiger partial charge in [-0.1, -0.05) is 24.3 Å². The van der Waals surface area contributed by atoms with E-state index >= 15 is 0 Å². The maximum Gasteiger partial charge on any atom is 0.269 e. The zero-order chi connectivity index (χ0) is 24.7. The number of non-ortho nitro benzene ring substituents is 1. The van der Waals surface area contributed by atoms with Crippen molar-refractivity contribution < 1.29 is 19.2 Å². The van der Waals surface area contributed by atoms with E-state index in [1.54, 1.807) is 36.4 Å². The number of carbonyl (C=O) groups is 1. The van der Waals surface area contributed by atoms with Gasteiger partial charge < -0.3 is 14.8 Å². The first kappa shape index (κ1) is 24.0. The first-order chi connectivity index (χ1) is 16.3. The number of carbonyl (C=O) groups excluding carboxylic acids is 1. The molecule has 8 nitrogen and oxygen atoms in total. The van der Waals surface area contributed by atoms with Crippen LogP contribution in [0.4, 0.5) is 11.4 Å². The smallest absolute Gasteiger partial charge is 0.269 e. The standard InChI is InChI=1S/C26H23N3O5/c1-17-7-9-22(11-18(17)2)28-26(30)21(15-27)12-19-8-10-24(25(14-19)33-3)34-16-20-5-4-6-23(13-20)29(31)32/h4-14H,16H2,1-3H3,(H,28,30)/b21-12+. The first-order valence-electron chi connectivity index (χ1n) is 10.3. The summed E-state index contributed by atoms with van der Waals surface area (Å²) in [6.45, 7) is 4.03. The van der Waals surface area contributed by atoms with Crippen LogP contribution in [0, 0.1) is 35.3 Å². The zero-order valence-electron chi connectivity index (χ0n) is 19.0. The number of ether oxygens (including phenoxy) is 2. The predicted octanol–water partition coefficient (Wildman–Crippen LogP) is 5.34. The van der Waals surface area contributed by atoms with Crippen molar-refractivity contribution in [2.24, 2.45) is 0 Å². The Morgan fingerprint density at radius 3 is 2.56 bits per heavy atom. The van der Waals surface area contributed by atoms with Crippen molar-refractivity contribution in [3.63, 3.8) is 0 Å². The van der Waals surface area contributed by atoms with Gasteiger partial charge in [0.2, 0.25) is 0 Å². The summed E-state index contributed by atoms with van der Waals surface area (Å²) < 4.78 is 11.2. The van der Waals surface area contributed by atoms with Crippen molar-refractivity contribution in [2.45, 2.75) is 20.5 Å². The Morgan fingerprint density at radius 2 is 1.88 bits per heavy atom. The number of amides is 1. The summed E-state index contributed by atoms with van der Waals surface area (Å²) in [5.41, 5.74) is 3.87. The largest absolute Gasteiger partial charge is 0.493 e. The quantitative estimate of drug-likeness (QED) is 0.211. The van der Waals surface area contributed by atoms with Gasteiger partial charge in [0.1, 0.15) is 18.2 Å². The van der Waals surface area contributed by atoms with Crippen LogP contribution in [-0.4, -0.2) is 17.9 Å². The van der Waals surface area contributed by atoms with Crippen LogP contribution in [-0.2, 0) is 11.4 Å². The molecule has 0 radical (unpaired) electrons. The fourth-order valence-corrected chi connectivity index (χ4v) is 3.15. The minimum absolute atomic E-state index is 0.0170. The van der Waals surface area contributed by atoms with Crippen LogP contribution in [0.1, 0.15) is 22.3 Å². The van der Waals surface area contributed by atoms with E-state index in [1.165, 1.54) is 25.3 Å². The second kappa shape index (κ2) is 10.8. The molecule has 1 N–H and O–H groups in total. The number of aryl methyl sites for hydroxylation is 2. The highest BCUT2D eigenvalue weighted by atomic mass is 16.6. The molecule has 3 aromatic rings. The van der Waals surface area contributed by atoms with Crippen LogP contribution in [0.2, 0.25) is 0 Å². The lowest BCUT2D eigenvalue weighted by atomic mass is 10.1. The Labute approximate surface area is 197 Å². The average molecular weight is 457 g/mol. The molecule has 8 heteroatoms. The minimum atomic E-state index is -0.518. The van der Waals surface area contributed by atoms with Crippen LogP contribution < -0.4 is 14.8 Å². The second-order valence-electron chi connectivity index (χ2n) is 7.55. The fraction of sp³-hybridized carbons (Fsp3) is 0.154. The number of nitrogens with zero attached hydrogens (tertiary/aromatic N) is 2. The molecule has 0 bridgehead atoms. The summed E-state index contributed by atoms with van der Waals surface area (Å²) in [7, 11) is 1.47. The minimum Gasteiger partial charge on any atom is -0.493 e. The molecule has 0 fully saturated rings. The molecule has 0 aliphatic carbocycles. The van der Waals surface area contributed by atoms with E-state index in [0.29, 0.717) is 28.3 Å². The van der Waals surface area contributed by atoms with Gasteiger partial charge in [0.15, 0.2) is 11.5 Å². The van der Waals surface area contributed by atoms with Gasteiger partial charge in [-0.3, -0.25) is 14.9 Å². The van der Waals surface area contributed by atoms with Crippen molar-refractivity contribution in [3.8, 4) is 17.6 Å². The molecule has 0 heterocycles. The van der Waals surface area contributed by atoms with E-state index in [0.717, 1.165) is 11.1 Å². The van der Waals surface area contributed by atoms with Gasteiger partial charge in [0, 0.05) is 17.8 Å². The third kappa shape index (κ3) is 5.99. The molecule has 0 spiro atoms. The van der Waals surface area contributed by atoms with Crippen LogP contribution in [0.5, 0.6) is 11.5 Å². The van der Waals surface area contributed by atoms with E-state index in [1.807, 2.05) is 32.0 Å². The normalized spacial score (nSPS) is 10.8. The highest BCUT2D eigenvalue weighted by Crippen LogP contribution is 2.30. The van der Waals surface area contributed by atoms with Crippen molar-refractivity contribution in [1.82, 2.24) is 0 Å². The van der Waals surface area contributed by atoms with Gasteiger partial charge >= 0.3 is 0 Å². The summed E-state index contributed by atoms with van der Waals surface area (Å²) in [5.74, 6) is 0.297. The van der Waals surface area contributed by atoms with E-state index in [-0.39, 0.29) is 17.9 Å². The highest BCUT2D eigenvalue weighted by Gasteiger charge is 2.12. The molecule has 0 saturated carbocycles. The maximum absolute atomic E-state index is 12.6. The van der Waals surface area contributed by atoms with Crippen molar-refractivity contribution in [3.05, 3.63) is 98.6 Å². The molecule has 0 aliphatic rings. The molecule has 0 aromatic heterocycles. The highest BCUT2D eigenvalue weighted by molar-refractivity contribution is 6.09. The van der Waals surface area contributed by atoms with E-state index < -0.39 is 10.8 Å². The molecule has 34 heavy (non-hydrogen) atoms. The van der Waals surface area contributed by atoms with E-state index in [9.17, 15) is 20.2 Å². The second-order valence-corrected chi connectivity index (χ2v) is 7.55. The molecular weight excluding hydrogens is 434 g/mol. The number of anilines is 1. The Hall–Kier alpha value is -4.64. The van der Waals surface area contributed by atoms with Gasteiger partial charge in [-0.05, 0) is 66.4 Å². The number of rotatable bonds is 8. The number of hydrogen-bond donors (Lipinski definition) is 1. The van der Waals surface area contributed by atoms with E-state index in [4.69, 9.17) is 9.47 Å². The molecule has 0 saturated heterocycles. The molecule has 1 amide bonds. The van der Waals surface area contributed by atoms with Crippen molar-refractivity contribution in [1.29, 1.82) is 5.26 Å². The van der Waals surface area contributed by atoms with Gasteiger partial charge in [0.25, 0.3) is 11.6 Å². The van der Waals surface area contributed by atoms with E-state index in [2.05, 4.69) is 5.32 Å². The van der Waals surface area contributed by atoms with Crippen molar-refractivity contribution >= 4 is 23.4 Å². The Balaban J connectivity index is 1.75.